The van der Waals surface area contributed by atoms with E-state index in [4.69, 9.17) is 13.9 Å². The van der Waals surface area contributed by atoms with Crippen LogP contribution in [-0.4, -0.2) is 56.0 Å². The molecule has 2 heterocycles. The monoisotopic (exact) mass is 666 g/mol. The molecule has 0 aliphatic carbocycles. The lowest BCUT2D eigenvalue weighted by molar-refractivity contribution is 0.177. The summed E-state index contributed by atoms with van der Waals surface area (Å²) in [5.41, 5.74) is 1.91. The molecular formula is C32H39FN6O5SSi. The van der Waals surface area contributed by atoms with Crippen molar-refractivity contribution < 1.29 is 26.7 Å². The van der Waals surface area contributed by atoms with Crippen molar-refractivity contribution in [3.8, 4) is 34.6 Å². The Balaban J connectivity index is 1.89. The number of pyridine rings is 1. The van der Waals surface area contributed by atoms with Crippen LogP contribution in [0.15, 0.2) is 54.9 Å². The van der Waals surface area contributed by atoms with Crippen LogP contribution in [0, 0.1) is 24.1 Å². The molecule has 2 aromatic heterocycles. The largest absolute Gasteiger partial charge is 0.494 e. The number of halogens is 1. The molecule has 244 valence electrons. The third kappa shape index (κ3) is 6.91. The van der Waals surface area contributed by atoms with Crippen LogP contribution in [0.1, 0.15) is 50.5 Å². The topological polar surface area (TPSA) is 141 Å². The highest BCUT2D eigenvalue weighted by Crippen LogP contribution is 2.43. The second-order valence-corrected chi connectivity index (χ2v) is 19.2. The molecule has 0 aliphatic rings. The number of benzene rings is 2. The van der Waals surface area contributed by atoms with Crippen LogP contribution in [0.5, 0.6) is 11.5 Å². The molecule has 1 N–H and O–H groups in total. The summed E-state index contributed by atoms with van der Waals surface area (Å²) in [5.74, 6) is 0.122. The first-order valence-electron chi connectivity index (χ1n) is 14.5. The maximum atomic E-state index is 15.5. The fraction of sp³-hybridized carbons (Fsp3) is 0.375. The third-order valence-electron chi connectivity index (χ3n) is 8.23. The Hall–Kier alpha value is -4.32. The van der Waals surface area contributed by atoms with Gasteiger partial charge in [0, 0.05) is 23.5 Å². The van der Waals surface area contributed by atoms with Crippen LogP contribution in [-0.2, 0) is 14.4 Å². The number of hydrogen-bond acceptors (Lipinski definition) is 9. The van der Waals surface area contributed by atoms with Crippen molar-refractivity contribution in [2.24, 2.45) is 0 Å². The van der Waals surface area contributed by atoms with Gasteiger partial charge in [0.2, 0.25) is 16.0 Å². The summed E-state index contributed by atoms with van der Waals surface area (Å²) in [6.07, 6.45) is 2.06. The van der Waals surface area contributed by atoms with Gasteiger partial charge < -0.3 is 13.9 Å². The molecule has 0 saturated heterocycles. The van der Waals surface area contributed by atoms with Gasteiger partial charge in [-0.05, 0) is 67.9 Å². The third-order valence-corrected chi connectivity index (χ3v) is 14.4. The number of nitriles is 1. The molecule has 14 heteroatoms. The van der Waals surface area contributed by atoms with E-state index in [9.17, 15) is 13.7 Å². The number of nitrogens with one attached hydrogen (secondary N) is 1. The van der Waals surface area contributed by atoms with Crippen molar-refractivity contribution >= 4 is 24.3 Å². The Morgan fingerprint density at radius 1 is 1.04 bits per heavy atom. The van der Waals surface area contributed by atoms with Crippen molar-refractivity contribution in [3.05, 3.63) is 77.4 Å². The highest BCUT2D eigenvalue weighted by molar-refractivity contribution is 7.93. The molecule has 4 aromatic rings. The van der Waals surface area contributed by atoms with Crippen molar-refractivity contribution in [1.82, 2.24) is 19.7 Å². The smallest absolute Gasteiger partial charge is 0.243 e. The Kier molecular flexibility index (Phi) is 9.91. The van der Waals surface area contributed by atoms with Crippen molar-refractivity contribution in [1.29, 1.82) is 5.26 Å². The zero-order valence-corrected chi connectivity index (χ0v) is 29.2. The number of ether oxygens (including phenoxy) is 2. The number of aryl methyl sites for hydroxylation is 1. The molecule has 1 unspecified atom stereocenters. The second kappa shape index (κ2) is 13.2. The van der Waals surface area contributed by atoms with E-state index < -0.39 is 35.5 Å². The number of anilines is 1. The molecular weight excluding hydrogens is 628 g/mol. The molecule has 2 atom stereocenters. The molecule has 0 saturated carbocycles. The minimum absolute atomic E-state index is 0.0288. The van der Waals surface area contributed by atoms with Crippen molar-refractivity contribution in [3.63, 3.8) is 0 Å². The van der Waals surface area contributed by atoms with E-state index in [1.54, 1.807) is 30.6 Å². The number of methoxy groups -OCH3 is 2. The first-order chi connectivity index (χ1) is 21.5. The predicted molar refractivity (Wildman–Crippen MR) is 177 cm³/mol. The van der Waals surface area contributed by atoms with Crippen molar-refractivity contribution in [2.75, 3.05) is 18.9 Å². The minimum Gasteiger partial charge on any atom is -0.494 e. The molecule has 11 nitrogen and oxygen atoms in total. The fourth-order valence-electron chi connectivity index (χ4n) is 4.60. The van der Waals surface area contributed by atoms with E-state index in [-0.39, 0.29) is 27.9 Å². The molecule has 0 aliphatic heterocycles. The maximum absolute atomic E-state index is 15.5. The van der Waals surface area contributed by atoms with Gasteiger partial charge in [0.15, 0.2) is 14.1 Å². The molecule has 0 radical (unpaired) electrons. The Bertz CT molecular complexity index is 1860. The molecule has 2 aromatic carbocycles. The SMILES string of the molecule is COc1cccc(OC)c1-n1c(NS(=O)(=O)[C@H](C)C(O[Si](C)(C)C(C)(C)C)c2ccc(C#N)cc2F)nnc1-c1cncc(C)c1. The van der Waals surface area contributed by atoms with E-state index >= 15 is 4.39 Å². The van der Waals surface area contributed by atoms with E-state index in [1.165, 1.54) is 37.8 Å². The first-order valence-corrected chi connectivity index (χ1v) is 19.0. The summed E-state index contributed by atoms with van der Waals surface area (Å²) in [5, 5.41) is 16.2. The lowest BCUT2D eigenvalue weighted by atomic mass is 10.0. The highest BCUT2D eigenvalue weighted by atomic mass is 32.2. The lowest BCUT2D eigenvalue weighted by Crippen LogP contribution is -2.45. The van der Waals surface area contributed by atoms with Gasteiger partial charge in [-0.1, -0.05) is 32.9 Å². The van der Waals surface area contributed by atoms with E-state index in [0.717, 1.165) is 11.6 Å². The van der Waals surface area contributed by atoms with E-state index in [2.05, 4.69) is 19.9 Å². The summed E-state index contributed by atoms with van der Waals surface area (Å²) < 4.78 is 66.0. The summed E-state index contributed by atoms with van der Waals surface area (Å²) in [6.45, 7) is 13.3. The van der Waals surface area contributed by atoms with Gasteiger partial charge in [0.05, 0.1) is 32.0 Å². The number of aromatic nitrogens is 4. The minimum atomic E-state index is -4.36. The molecule has 0 fully saturated rings. The van der Waals surface area contributed by atoms with Gasteiger partial charge in [0.25, 0.3) is 0 Å². The predicted octanol–water partition coefficient (Wildman–Crippen LogP) is 6.56. The van der Waals surface area contributed by atoms with E-state index in [1.807, 2.05) is 52.9 Å². The molecule has 0 spiro atoms. The number of sulfonamides is 1. The van der Waals surface area contributed by atoms with Gasteiger partial charge in [-0.15, -0.1) is 10.2 Å². The summed E-state index contributed by atoms with van der Waals surface area (Å²) in [6, 6.07) is 12.8. The van der Waals surface area contributed by atoms with Gasteiger partial charge in [-0.3, -0.25) is 14.3 Å². The Labute approximate surface area is 270 Å². The van der Waals surface area contributed by atoms with Gasteiger partial charge in [-0.2, -0.15) is 5.26 Å². The average Bonchev–Trinajstić information content (AvgIpc) is 3.40. The summed E-state index contributed by atoms with van der Waals surface area (Å²) >= 11 is 0. The van der Waals surface area contributed by atoms with Crippen LogP contribution in [0.25, 0.3) is 17.1 Å². The zero-order valence-electron chi connectivity index (χ0n) is 27.4. The Morgan fingerprint density at radius 2 is 1.70 bits per heavy atom. The van der Waals surface area contributed by atoms with Crippen LogP contribution < -0.4 is 14.2 Å². The molecule has 4 rings (SSSR count). The number of nitrogens with zero attached hydrogens (tertiary/aromatic N) is 5. The number of rotatable bonds is 11. The van der Waals surface area contributed by atoms with Crippen molar-refractivity contribution in [2.45, 2.75) is 64.1 Å². The van der Waals surface area contributed by atoms with Crippen LogP contribution in [0.2, 0.25) is 18.1 Å². The second-order valence-electron chi connectivity index (χ2n) is 12.4. The normalized spacial score (nSPS) is 13.5. The first kappa shape index (κ1) is 34.5. The number of hydrogen-bond donors (Lipinski definition) is 1. The highest BCUT2D eigenvalue weighted by Gasteiger charge is 2.44. The zero-order chi connectivity index (χ0) is 34.0. The Morgan fingerprint density at radius 3 is 2.24 bits per heavy atom. The van der Waals surface area contributed by atoms with Crippen LogP contribution >= 0.6 is 0 Å². The fourth-order valence-corrected chi connectivity index (χ4v) is 7.11. The lowest BCUT2D eigenvalue weighted by Gasteiger charge is -2.40. The van der Waals surface area contributed by atoms with Gasteiger partial charge >= 0.3 is 0 Å². The van der Waals surface area contributed by atoms with Gasteiger partial charge in [0.1, 0.15) is 28.3 Å². The van der Waals surface area contributed by atoms with Gasteiger partial charge in [-0.25, -0.2) is 12.8 Å². The maximum Gasteiger partial charge on any atom is 0.243 e. The molecule has 0 bridgehead atoms. The standard InChI is InChI=1S/C32H39FN6O5SSi/c1-20-15-23(19-35-18-20)30-36-37-31(39(30)28-26(42-6)11-10-12-27(28)43-7)38-45(40,41)21(2)29(44-46(8,9)32(3,4)5)24-14-13-22(17-34)16-25(24)33/h10-16,18-19,21,29H,1-9H3,(H,37,38)/t21-,29?/m1/s1. The molecule has 46 heavy (non-hydrogen) atoms. The number of para-hydroxylation sites is 1. The quantitative estimate of drug-likeness (QED) is 0.176. The van der Waals surface area contributed by atoms with E-state index in [0.29, 0.717) is 22.7 Å². The average molecular weight is 667 g/mol. The summed E-state index contributed by atoms with van der Waals surface area (Å²) in [4.78, 5) is 4.27. The summed E-state index contributed by atoms with van der Waals surface area (Å²) in [7, 11) is -4.06. The van der Waals surface area contributed by atoms with Crippen LogP contribution in [0.3, 0.4) is 0 Å². The molecule has 0 amide bonds. The van der Waals surface area contributed by atoms with Crippen LogP contribution in [0.4, 0.5) is 10.3 Å².